The van der Waals surface area contributed by atoms with Crippen molar-refractivity contribution in [1.82, 2.24) is 9.80 Å². The lowest BCUT2D eigenvalue weighted by Gasteiger charge is -2.34. The lowest BCUT2D eigenvalue weighted by molar-refractivity contribution is -0.138. The molecular weight excluding hydrogens is 281 g/mol. The Morgan fingerprint density at radius 1 is 1.05 bits per heavy atom. The SMILES string of the molecule is NCCN1CCN(Cc2ccc(N)cc2C(F)(F)F)CC1. The van der Waals surface area contributed by atoms with Crippen LogP contribution >= 0.6 is 0 Å². The number of nitrogen functional groups attached to an aromatic ring is 1. The highest BCUT2D eigenvalue weighted by Crippen LogP contribution is 2.33. The second kappa shape index (κ2) is 6.64. The molecule has 1 fully saturated rings. The Balaban J connectivity index is 2.04. The van der Waals surface area contributed by atoms with Crippen molar-refractivity contribution in [3.63, 3.8) is 0 Å². The van der Waals surface area contributed by atoms with Gasteiger partial charge in [-0.2, -0.15) is 13.2 Å². The van der Waals surface area contributed by atoms with Crippen LogP contribution in [0, 0.1) is 0 Å². The Bertz CT molecular complexity index is 468. The van der Waals surface area contributed by atoms with Crippen molar-refractivity contribution in [3.8, 4) is 0 Å². The molecule has 0 saturated carbocycles. The molecule has 0 aliphatic carbocycles. The van der Waals surface area contributed by atoms with E-state index in [2.05, 4.69) is 4.90 Å². The van der Waals surface area contributed by atoms with Crippen LogP contribution in [0.2, 0.25) is 0 Å². The number of halogens is 3. The predicted molar refractivity (Wildman–Crippen MR) is 76.6 cm³/mol. The summed E-state index contributed by atoms with van der Waals surface area (Å²) >= 11 is 0. The Morgan fingerprint density at radius 3 is 2.24 bits per heavy atom. The minimum absolute atomic E-state index is 0.138. The van der Waals surface area contributed by atoms with Gasteiger partial charge in [-0.3, -0.25) is 9.80 Å². The third-order valence-electron chi connectivity index (χ3n) is 3.74. The topological polar surface area (TPSA) is 58.5 Å². The number of hydrogen-bond acceptors (Lipinski definition) is 4. The zero-order valence-electron chi connectivity index (χ0n) is 11.9. The molecule has 2 rings (SSSR count). The molecule has 1 heterocycles. The highest BCUT2D eigenvalue weighted by Gasteiger charge is 2.34. The van der Waals surface area contributed by atoms with E-state index in [1.54, 1.807) is 0 Å². The summed E-state index contributed by atoms with van der Waals surface area (Å²) in [5.41, 5.74) is 10.8. The molecule has 1 aromatic rings. The van der Waals surface area contributed by atoms with E-state index in [0.29, 0.717) is 13.1 Å². The van der Waals surface area contributed by atoms with Gasteiger partial charge in [-0.15, -0.1) is 0 Å². The minimum Gasteiger partial charge on any atom is -0.399 e. The monoisotopic (exact) mass is 302 g/mol. The highest BCUT2D eigenvalue weighted by atomic mass is 19.4. The average molecular weight is 302 g/mol. The quantitative estimate of drug-likeness (QED) is 0.825. The van der Waals surface area contributed by atoms with E-state index in [9.17, 15) is 13.2 Å². The first-order chi connectivity index (χ1) is 9.90. The standard InChI is InChI=1S/C14H21F3N4/c15-14(16,17)13-9-12(19)2-1-11(13)10-21-7-5-20(4-3-18)6-8-21/h1-2,9H,3-8,10,18-19H2. The fraction of sp³-hybridized carbons (Fsp3) is 0.571. The number of nitrogens with two attached hydrogens (primary N) is 2. The van der Waals surface area contributed by atoms with E-state index >= 15 is 0 Å². The van der Waals surface area contributed by atoms with Gasteiger partial charge < -0.3 is 11.5 Å². The van der Waals surface area contributed by atoms with Crippen LogP contribution in [-0.2, 0) is 12.7 Å². The van der Waals surface area contributed by atoms with Gasteiger partial charge in [0.1, 0.15) is 0 Å². The summed E-state index contributed by atoms with van der Waals surface area (Å²) in [5.74, 6) is 0. The van der Waals surface area contributed by atoms with Crippen LogP contribution < -0.4 is 11.5 Å². The zero-order valence-corrected chi connectivity index (χ0v) is 11.9. The molecule has 0 atom stereocenters. The molecule has 0 spiro atoms. The van der Waals surface area contributed by atoms with E-state index in [-0.39, 0.29) is 11.3 Å². The molecule has 1 aliphatic heterocycles. The average Bonchev–Trinajstić information content (AvgIpc) is 2.42. The number of piperazine rings is 1. The van der Waals surface area contributed by atoms with Gasteiger partial charge in [0.25, 0.3) is 0 Å². The first-order valence-corrected chi connectivity index (χ1v) is 7.00. The van der Waals surface area contributed by atoms with Gasteiger partial charge in [0, 0.05) is 51.5 Å². The fourth-order valence-corrected chi connectivity index (χ4v) is 2.59. The van der Waals surface area contributed by atoms with Gasteiger partial charge in [-0.25, -0.2) is 0 Å². The summed E-state index contributed by atoms with van der Waals surface area (Å²) < 4.78 is 39.1. The van der Waals surface area contributed by atoms with Crippen molar-refractivity contribution >= 4 is 5.69 Å². The molecule has 0 bridgehead atoms. The first-order valence-electron chi connectivity index (χ1n) is 7.00. The molecule has 4 nitrogen and oxygen atoms in total. The molecule has 1 aliphatic rings. The molecule has 0 radical (unpaired) electrons. The summed E-state index contributed by atoms with van der Waals surface area (Å²) in [6.07, 6.45) is -4.37. The highest BCUT2D eigenvalue weighted by molar-refractivity contribution is 5.46. The van der Waals surface area contributed by atoms with Crippen molar-refractivity contribution in [2.45, 2.75) is 12.7 Å². The predicted octanol–water partition coefficient (Wildman–Crippen LogP) is 1.36. The van der Waals surface area contributed by atoms with Crippen molar-refractivity contribution in [3.05, 3.63) is 29.3 Å². The molecule has 1 saturated heterocycles. The van der Waals surface area contributed by atoms with Crippen molar-refractivity contribution < 1.29 is 13.2 Å². The number of nitrogens with zero attached hydrogens (tertiary/aromatic N) is 2. The van der Waals surface area contributed by atoms with Crippen LogP contribution in [0.1, 0.15) is 11.1 Å². The molecule has 0 unspecified atom stereocenters. The Morgan fingerprint density at radius 2 is 1.67 bits per heavy atom. The molecule has 118 valence electrons. The summed E-state index contributed by atoms with van der Waals surface area (Å²) in [4.78, 5) is 4.26. The zero-order chi connectivity index (χ0) is 15.5. The molecule has 1 aromatic carbocycles. The van der Waals surface area contributed by atoms with Crippen LogP contribution in [0.25, 0.3) is 0 Å². The number of alkyl halides is 3. The lowest BCUT2D eigenvalue weighted by atomic mass is 10.1. The smallest absolute Gasteiger partial charge is 0.399 e. The molecule has 7 heteroatoms. The normalized spacial score (nSPS) is 18.1. The van der Waals surface area contributed by atoms with E-state index < -0.39 is 11.7 Å². The fourth-order valence-electron chi connectivity index (χ4n) is 2.59. The summed E-state index contributed by atoms with van der Waals surface area (Å²) in [5, 5.41) is 0. The molecule has 0 aromatic heterocycles. The van der Waals surface area contributed by atoms with Gasteiger partial charge in [-0.05, 0) is 17.7 Å². The van der Waals surface area contributed by atoms with E-state index in [1.165, 1.54) is 12.1 Å². The van der Waals surface area contributed by atoms with Crippen LogP contribution in [0.15, 0.2) is 18.2 Å². The Kier molecular flexibility index (Phi) is 5.08. The van der Waals surface area contributed by atoms with E-state index in [4.69, 9.17) is 11.5 Å². The molecule has 0 amide bonds. The van der Waals surface area contributed by atoms with Gasteiger partial charge in [0.2, 0.25) is 0 Å². The van der Waals surface area contributed by atoms with Gasteiger partial charge >= 0.3 is 6.18 Å². The molecule has 21 heavy (non-hydrogen) atoms. The van der Waals surface area contributed by atoms with Crippen LogP contribution in [-0.4, -0.2) is 49.1 Å². The number of benzene rings is 1. The summed E-state index contributed by atoms with van der Waals surface area (Å²) in [7, 11) is 0. The van der Waals surface area contributed by atoms with Crippen molar-refractivity contribution in [1.29, 1.82) is 0 Å². The van der Waals surface area contributed by atoms with Crippen LogP contribution in [0.5, 0.6) is 0 Å². The Labute approximate surface area is 122 Å². The molecule has 4 N–H and O–H groups in total. The third-order valence-corrected chi connectivity index (χ3v) is 3.74. The van der Waals surface area contributed by atoms with Crippen LogP contribution in [0.3, 0.4) is 0 Å². The third kappa shape index (κ3) is 4.33. The maximum atomic E-state index is 13.0. The second-order valence-electron chi connectivity index (χ2n) is 5.32. The Hall–Kier alpha value is -1.31. The van der Waals surface area contributed by atoms with Gasteiger partial charge in [-0.1, -0.05) is 6.07 Å². The first kappa shape index (κ1) is 16.1. The maximum Gasteiger partial charge on any atom is 0.416 e. The number of anilines is 1. The van der Waals surface area contributed by atoms with Crippen molar-refractivity contribution in [2.75, 3.05) is 45.0 Å². The maximum absolute atomic E-state index is 13.0. The van der Waals surface area contributed by atoms with Gasteiger partial charge in [0.05, 0.1) is 5.56 Å². The number of rotatable bonds is 4. The second-order valence-corrected chi connectivity index (χ2v) is 5.32. The van der Waals surface area contributed by atoms with Crippen LogP contribution in [0.4, 0.5) is 18.9 Å². The van der Waals surface area contributed by atoms with Gasteiger partial charge in [0.15, 0.2) is 0 Å². The molecular formula is C14H21F3N4. The lowest BCUT2D eigenvalue weighted by Crippen LogP contribution is -2.47. The van der Waals surface area contributed by atoms with E-state index in [1.807, 2.05) is 4.90 Å². The minimum atomic E-state index is -4.37. The number of hydrogen-bond donors (Lipinski definition) is 2. The van der Waals surface area contributed by atoms with E-state index in [0.717, 1.165) is 38.8 Å². The largest absolute Gasteiger partial charge is 0.416 e. The summed E-state index contributed by atoms with van der Waals surface area (Å²) in [6.45, 7) is 4.93. The van der Waals surface area contributed by atoms with Crippen molar-refractivity contribution in [2.24, 2.45) is 5.73 Å². The summed E-state index contributed by atoms with van der Waals surface area (Å²) in [6, 6.07) is 4.01.